The Morgan fingerprint density at radius 3 is 2.58 bits per heavy atom. The summed E-state index contributed by atoms with van der Waals surface area (Å²) in [6, 6.07) is 4.15. The molecule has 0 spiro atoms. The number of rotatable bonds is 8. The van der Waals surface area contributed by atoms with Crippen molar-refractivity contribution in [1.82, 2.24) is 10.2 Å². The molecule has 0 saturated carbocycles. The van der Waals surface area contributed by atoms with Crippen molar-refractivity contribution >= 4 is 43.1 Å². The molecule has 0 aliphatic carbocycles. The summed E-state index contributed by atoms with van der Waals surface area (Å²) >= 11 is 5.20. The second kappa shape index (κ2) is 9.20. The van der Waals surface area contributed by atoms with Crippen LogP contribution in [0.5, 0.6) is 0 Å². The molecule has 0 fully saturated rings. The van der Waals surface area contributed by atoms with E-state index in [1.165, 1.54) is 11.1 Å². The fraction of sp³-hybridized carbons (Fsp3) is 0.688. The lowest BCUT2D eigenvalue weighted by molar-refractivity contribution is 0.361. The van der Waals surface area contributed by atoms with Crippen LogP contribution in [0.3, 0.4) is 0 Å². The van der Waals surface area contributed by atoms with Crippen LogP contribution in [0.2, 0.25) is 0 Å². The van der Waals surface area contributed by atoms with Crippen molar-refractivity contribution in [3.05, 3.63) is 20.8 Å². The van der Waals surface area contributed by atoms with Gasteiger partial charge in [0.25, 0.3) is 0 Å². The Labute approximate surface area is 158 Å². The molecule has 0 radical (unpaired) electrons. The lowest BCUT2D eigenvalue weighted by atomic mass is 9.90. The van der Waals surface area contributed by atoms with E-state index in [-0.39, 0.29) is 11.2 Å². The van der Waals surface area contributed by atoms with Crippen molar-refractivity contribution in [3.8, 4) is 0 Å². The van der Waals surface area contributed by atoms with Crippen molar-refractivity contribution in [2.24, 2.45) is 10.4 Å². The van der Waals surface area contributed by atoms with Crippen molar-refractivity contribution in [1.29, 1.82) is 0 Å². The van der Waals surface area contributed by atoms with E-state index < -0.39 is 9.84 Å². The molecule has 0 atom stereocenters. The Morgan fingerprint density at radius 2 is 2.08 bits per heavy atom. The highest BCUT2D eigenvalue weighted by Crippen LogP contribution is 2.24. The maximum Gasteiger partial charge on any atom is 0.194 e. The molecule has 0 aliphatic rings. The van der Waals surface area contributed by atoms with Gasteiger partial charge in [-0.25, -0.2) is 8.42 Å². The molecule has 0 aliphatic heterocycles. The van der Waals surface area contributed by atoms with Crippen LogP contribution < -0.4 is 5.32 Å². The van der Waals surface area contributed by atoms with E-state index in [9.17, 15) is 8.42 Å². The van der Waals surface area contributed by atoms with Gasteiger partial charge < -0.3 is 10.2 Å². The van der Waals surface area contributed by atoms with Crippen LogP contribution >= 0.6 is 27.3 Å². The number of guanidine groups is 1. The molecule has 8 heteroatoms. The Morgan fingerprint density at radius 1 is 1.42 bits per heavy atom. The summed E-state index contributed by atoms with van der Waals surface area (Å²) in [5, 5.41) is 3.30. The van der Waals surface area contributed by atoms with Crippen LogP contribution in [0, 0.1) is 5.41 Å². The molecule has 1 rings (SSSR count). The zero-order valence-electron chi connectivity index (χ0n) is 15.1. The largest absolute Gasteiger partial charge is 0.357 e. The maximum absolute atomic E-state index is 11.4. The lowest BCUT2D eigenvalue weighted by Gasteiger charge is -2.25. The van der Waals surface area contributed by atoms with Crippen molar-refractivity contribution in [2.45, 2.75) is 33.7 Å². The molecule has 138 valence electrons. The van der Waals surface area contributed by atoms with E-state index in [1.807, 2.05) is 20.0 Å². The predicted molar refractivity (Wildman–Crippen MR) is 108 cm³/mol. The van der Waals surface area contributed by atoms with Crippen LogP contribution in [0.1, 0.15) is 32.1 Å². The molecule has 1 aromatic rings. The summed E-state index contributed by atoms with van der Waals surface area (Å²) in [6.45, 7) is 8.32. The molecule has 1 heterocycles. The average Bonchev–Trinajstić information content (AvgIpc) is 2.86. The van der Waals surface area contributed by atoms with Crippen LogP contribution in [-0.2, 0) is 16.4 Å². The minimum absolute atomic E-state index is 0.156. The average molecular weight is 438 g/mol. The third-order valence-corrected chi connectivity index (χ3v) is 6.08. The molecule has 0 amide bonds. The normalized spacial score (nSPS) is 13.2. The minimum atomic E-state index is -2.94. The van der Waals surface area contributed by atoms with Crippen LogP contribution in [-0.4, -0.2) is 51.4 Å². The van der Waals surface area contributed by atoms with E-state index in [0.29, 0.717) is 13.0 Å². The van der Waals surface area contributed by atoms with Crippen molar-refractivity contribution in [3.63, 3.8) is 0 Å². The summed E-state index contributed by atoms with van der Waals surface area (Å²) in [5.41, 5.74) is -0.156. The Balaban J connectivity index is 2.72. The molecule has 0 unspecified atom stereocenters. The first kappa shape index (κ1) is 21.4. The van der Waals surface area contributed by atoms with E-state index in [2.05, 4.69) is 46.1 Å². The van der Waals surface area contributed by atoms with E-state index in [1.54, 1.807) is 11.3 Å². The smallest absolute Gasteiger partial charge is 0.194 e. The highest BCUT2D eigenvalue weighted by molar-refractivity contribution is 9.11. The van der Waals surface area contributed by atoms with Gasteiger partial charge in [-0.15, -0.1) is 11.3 Å². The van der Waals surface area contributed by atoms with Gasteiger partial charge in [-0.1, -0.05) is 13.8 Å². The SMILES string of the molecule is CCNC(=NCC(C)(C)CCS(C)(=O)=O)N(C)Cc1ccc(Br)s1. The van der Waals surface area contributed by atoms with Gasteiger partial charge in [0.1, 0.15) is 9.84 Å². The number of aliphatic imine (C=N–C) groups is 1. The fourth-order valence-electron chi connectivity index (χ4n) is 2.04. The van der Waals surface area contributed by atoms with Crippen LogP contribution in [0.4, 0.5) is 0 Å². The number of nitrogens with zero attached hydrogens (tertiary/aromatic N) is 2. The van der Waals surface area contributed by atoms with E-state index in [0.717, 1.165) is 22.8 Å². The zero-order valence-corrected chi connectivity index (χ0v) is 18.3. The molecule has 0 saturated heterocycles. The first-order valence-electron chi connectivity index (χ1n) is 7.94. The van der Waals surface area contributed by atoms with E-state index >= 15 is 0 Å². The standard InChI is InChI=1S/C16H28BrN3O2S2/c1-6-18-15(20(4)11-13-7-8-14(17)23-13)19-12-16(2,3)9-10-24(5,21)22/h7-8H,6,9-12H2,1-5H3,(H,18,19). The predicted octanol–water partition coefficient (Wildman–Crippen LogP) is 3.37. The summed E-state index contributed by atoms with van der Waals surface area (Å²) in [6.07, 6.45) is 1.89. The van der Waals surface area contributed by atoms with Gasteiger partial charge in [-0.3, -0.25) is 4.99 Å². The van der Waals surface area contributed by atoms with Gasteiger partial charge in [-0.05, 0) is 46.8 Å². The highest BCUT2D eigenvalue weighted by atomic mass is 79.9. The van der Waals surface area contributed by atoms with Crippen LogP contribution in [0.25, 0.3) is 0 Å². The zero-order chi connectivity index (χ0) is 18.4. The van der Waals surface area contributed by atoms with Crippen molar-refractivity contribution < 1.29 is 8.42 Å². The fourth-order valence-corrected chi connectivity index (χ4v) is 4.50. The third kappa shape index (κ3) is 8.48. The van der Waals surface area contributed by atoms with Gasteiger partial charge in [0.05, 0.1) is 16.1 Å². The number of halogens is 1. The minimum Gasteiger partial charge on any atom is -0.357 e. The number of thiophene rings is 1. The topological polar surface area (TPSA) is 61.8 Å². The second-order valence-corrected chi connectivity index (χ2v) is 11.6. The van der Waals surface area contributed by atoms with Gasteiger partial charge in [0, 0.05) is 31.3 Å². The summed E-state index contributed by atoms with van der Waals surface area (Å²) in [4.78, 5) is 8.07. The van der Waals surface area contributed by atoms with Gasteiger partial charge in [0.15, 0.2) is 5.96 Å². The number of sulfone groups is 1. The molecule has 0 aromatic carbocycles. The van der Waals surface area contributed by atoms with Gasteiger partial charge in [0.2, 0.25) is 0 Å². The maximum atomic E-state index is 11.4. The highest BCUT2D eigenvalue weighted by Gasteiger charge is 2.20. The van der Waals surface area contributed by atoms with Crippen LogP contribution in [0.15, 0.2) is 20.9 Å². The Kier molecular flexibility index (Phi) is 8.22. The third-order valence-electron chi connectivity index (χ3n) is 3.52. The number of hydrogen-bond donors (Lipinski definition) is 1. The number of nitrogens with one attached hydrogen (secondary N) is 1. The first-order chi connectivity index (χ1) is 11.0. The summed E-state index contributed by atoms with van der Waals surface area (Å²) < 4.78 is 23.9. The molecular formula is C16H28BrN3O2S2. The number of hydrogen-bond acceptors (Lipinski definition) is 4. The molecule has 5 nitrogen and oxygen atoms in total. The first-order valence-corrected chi connectivity index (χ1v) is 11.6. The van der Waals surface area contributed by atoms with Crippen molar-refractivity contribution in [2.75, 3.05) is 32.1 Å². The molecule has 1 aromatic heterocycles. The summed E-state index contributed by atoms with van der Waals surface area (Å²) in [5.74, 6) is 1.04. The molecule has 24 heavy (non-hydrogen) atoms. The molecule has 0 bridgehead atoms. The lowest BCUT2D eigenvalue weighted by Crippen LogP contribution is -2.39. The molecule has 1 N–H and O–H groups in total. The Bertz CT molecular complexity index is 654. The second-order valence-electron chi connectivity index (χ2n) is 6.78. The van der Waals surface area contributed by atoms with Gasteiger partial charge >= 0.3 is 0 Å². The quantitative estimate of drug-likeness (QED) is 0.500. The Hall–Kier alpha value is -0.600. The van der Waals surface area contributed by atoms with E-state index in [4.69, 9.17) is 4.99 Å². The monoisotopic (exact) mass is 437 g/mol. The molecular weight excluding hydrogens is 410 g/mol. The van der Waals surface area contributed by atoms with Gasteiger partial charge in [-0.2, -0.15) is 0 Å². The summed E-state index contributed by atoms with van der Waals surface area (Å²) in [7, 11) is -0.926.